The summed E-state index contributed by atoms with van der Waals surface area (Å²) in [7, 11) is 1.59. The van der Waals surface area contributed by atoms with Crippen molar-refractivity contribution in [3.8, 4) is 17.2 Å². The van der Waals surface area contributed by atoms with E-state index in [-0.39, 0.29) is 12.2 Å². The van der Waals surface area contributed by atoms with E-state index in [4.69, 9.17) is 19.9 Å². The first-order chi connectivity index (χ1) is 10.2. The second-order valence-electron chi connectivity index (χ2n) is 5.99. The maximum Gasteiger partial charge on any atom is 0.231 e. The number of rotatable bonds is 4. The van der Waals surface area contributed by atoms with E-state index in [0.29, 0.717) is 23.8 Å². The highest BCUT2D eigenvalue weighted by atomic mass is 16.7. The zero-order valence-corrected chi connectivity index (χ0v) is 12.4. The number of ether oxygens (including phenoxy) is 3. The molecule has 1 aromatic carbocycles. The van der Waals surface area contributed by atoms with Crippen molar-refractivity contribution in [2.24, 2.45) is 11.1 Å². The summed E-state index contributed by atoms with van der Waals surface area (Å²) in [5.74, 6) is 1.84. The zero-order valence-electron chi connectivity index (χ0n) is 12.4. The lowest BCUT2D eigenvalue weighted by molar-refractivity contribution is 0.000490. The van der Waals surface area contributed by atoms with Gasteiger partial charge in [-0.3, -0.25) is 0 Å². The monoisotopic (exact) mass is 293 g/mol. The molecule has 1 saturated carbocycles. The van der Waals surface area contributed by atoms with E-state index in [2.05, 4.69) is 0 Å². The minimum absolute atomic E-state index is 0.188. The van der Waals surface area contributed by atoms with Crippen LogP contribution in [0.1, 0.15) is 43.8 Å². The van der Waals surface area contributed by atoms with Gasteiger partial charge in [0.2, 0.25) is 12.5 Å². The highest BCUT2D eigenvalue weighted by molar-refractivity contribution is 5.55. The Bertz CT molecular complexity index is 511. The van der Waals surface area contributed by atoms with Crippen LogP contribution in [0, 0.1) is 5.41 Å². The molecule has 0 aromatic heterocycles. The Morgan fingerprint density at radius 3 is 2.71 bits per heavy atom. The van der Waals surface area contributed by atoms with Crippen LogP contribution in [0.25, 0.3) is 0 Å². The molecule has 0 radical (unpaired) electrons. The molecule has 2 aliphatic rings. The van der Waals surface area contributed by atoms with E-state index in [1.54, 1.807) is 7.11 Å². The van der Waals surface area contributed by atoms with Gasteiger partial charge in [-0.2, -0.15) is 0 Å². The van der Waals surface area contributed by atoms with Crippen LogP contribution >= 0.6 is 0 Å². The van der Waals surface area contributed by atoms with Crippen LogP contribution in [0.4, 0.5) is 0 Å². The average Bonchev–Trinajstić information content (AvgIpc) is 3.02. The van der Waals surface area contributed by atoms with Gasteiger partial charge in [0.05, 0.1) is 13.2 Å². The predicted molar refractivity (Wildman–Crippen MR) is 78.6 cm³/mol. The van der Waals surface area contributed by atoms with E-state index < -0.39 is 6.10 Å². The molecule has 3 N–H and O–H groups in total. The normalized spacial score (nSPS) is 21.1. The number of hydrogen-bond donors (Lipinski definition) is 2. The third-order valence-electron chi connectivity index (χ3n) is 4.83. The van der Waals surface area contributed by atoms with Crippen LogP contribution in [0.5, 0.6) is 17.2 Å². The van der Waals surface area contributed by atoms with Gasteiger partial charge >= 0.3 is 0 Å². The van der Waals surface area contributed by atoms with E-state index in [9.17, 15) is 5.11 Å². The molecule has 0 spiro atoms. The van der Waals surface area contributed by atoms with Gasteiger partial charge < -0.3 is 25.1 Å². The fourth-order valence-corrected chi connectivity index (χ4v) is 3.51. The molecular formula is C16H23NO4. The molecule has 0 bridgehead atoms. The highest BCUT2D eigenvalue weighted by Crippen LogP contribution is 2.49. The quantitative estimate of drug-likeness (QED) is 0.891. The Hall–Kier alpha value is -1.46. The predicted octanol–water partition coefficient (Wildman–Crippen LogP) is 2.37. The molecule has 1 aliphatic carbocycles. The first kappa shape index (κ1) is 14.5. The first-order valence-electron chi connectivity index (χ1n) is 7.56. The Morgan fingerprint density at radius 2 is 2.05 bits per heavy atom. The van der Waals surface area contributed by atoms with Gasteiger partial charge in [0, 0.05) is 12.0 Å². The van der Waals surface area contributed by atoms with Crippen LogP contribution in [0.3, 0.4) is 0 Å². The summed E-state index contributed by atoms with van der Waals surface area (Å²) in [4.78, 5) is 0. The Labute approximate surface area is 125 Å². The van der Waals surface area contributed by atoms with Crippen molar-refractivity contribution in [3.63, 3.8) is 0 Å². The molecule has 1 aliphatic heterocycles. The van der Waals surface area contributed by atoms with E-state index >= 15 is 0 Å². The summed E-state index contributed by atoms with van der Waals surface area (Å²) in [5, 5.41) is 10.9. The number of aliphatic hydroxyl groups is 1. The number of fused-ring (bicyclic) bond motifs is 1. The summed E-state index contributed by atoms with van der Waals surface area (Å²) >= 11 is 0. The minimum Gasteiger partial charge on any atom is -0.493 e. The van der Waals surface area contributed by atoms with E-state index in [0.717, 1.165) is 31.2 Å². The molecule has 5 heteroatoms. The van der Waals surface area contributed by atoms with Gasteiger partial charge in [0.25, 0.3) is 0 Å². The summed E-state index contributed by atoms with van der Waals surface area (Å²) in [6.07, 6.45) is 4.78. The largest absolute Gasteiger partial charge is 0.493 e. The molecule has 0 amide bonds. The topological polar surface area (TPSA) is 73.9 Å². The fraction of sp³-hybridized carbons (Fsp3) is 0.625. The molecular weight excluding hydrogens is 270 g/mol. The van der Waals surface area contributed by atoms with Crippen molar-refractivity contribution in [3.05, 3.63) is 17.7 Å². The molecule has 1 atom stereocenters. The van der Waals surface area contributed by atoms with Crippen molar-refractivity contribution in [1.82, 2.24) is 0 Å². The van der Waals surface area contributed by atoms with Crippen molar-refractivity contribution >= 4 is 0 Å². The molecule has 1 heterocycles. The number of benzene rings is 1. The van der Waals surface area contributed by atoms with Crippen molar-refractivity contribution in [2.45, 2.75) is 38.2 Å². The molecule has 1 unspecified atom stereocenters. The molecule has 3 rings (SSSR count). The lowest BCUT2D eigenvalue weighted by Crippen LogP contribution is -2.38. The van der Waals surface area contributed by atoms with E-state index in [1.165, 1.54) is 6.42 Å². The number of methoxy groups -OCH3 is 1. The Balaban J connectivity index is 1.95. The smallest absolute Gasteiger partial charge is 0.231 e. The SMILES string of the molecule is COc1cc(C(O)C2(CN)CCCCC2)cc2c1OCO2. The lowest BCUT2D eigenvalue weighted by atomic mass is 9.68. The maximum atomic E-state index is 10.9. The molecule has 1 fully saturated rings. The van der Waals surface area contributed by atoms with Gasteiger partial charge in [0.1, 0.15) is 0 Å². The third-order valence-corrected chi connectivity index (χ3v) is 4.83. The van der Waals surface area contributed by atoms with E-state index in [1.807, 2.05) is 12.1 Å². The Kier molecular flexibility index (Phi) is 3.95. The third kappa shape index (κ3) is 2.45. The zero-order chi connectivity index (χ0) is 14.9. The van der Waals surface area contributed by atoms with Crippen LogP contribution < -0.4 is 19.9 Å². The second kappa shape index (κ2) is 5.73. The molecule has 21 heavy (non-hydrogen) atoms. The van der Waals surface area contributed by atoms with Crippen LogP contribution in [0.15, 0.2) is 12.1 Å². The first-order valence-corrected chi connectivity index (χ1v) is 7.56. The maximum absolute atomic E-state index is 10.9. The van der Waals surface area contributed by atoms with Gasteiger partial charge in [-0.15, -0.1) is 0 Å². The molecule has 116 valence electrons. The number of hydrogen-bond acceptors (Lipinski definition) is 5. The number of nitrogens with two attached hydrogens (primary N) is 1. The average molecular weight is 293 g/mol. The minimum atomic E-state index is -0.605. The van der Waals surface area contributed by atoms with Gasteiger partial charge in [0.15, 0.2) is 11.5 Å². The molecule has 5 nitrogen and oxygen atoms in total. The standard InChI is InChI=1S/C16H23NO4/c1-19-12-7-11(8-13-14(12)21-10-20-13)15(18)16(9-17)5-3-2-4-6-16/h7-8,15,18H,2-6,9-10,17H2,1H3. The molecule has 1 aromatic rings. The highest BCUT2D eigenvalue weighted by Gasteiger charge is 2.39. The van der Waals surface area contributed by atoms with Crippen molar-refractivity contribution in [1.29, 1.82) is 0 Å². The van der Waals surface area contributed by atoms with Crippen LogP contribution in [0.2, 0.25) is 0 Å². The van der Waals surface area contributed by atoms with Crippen LogP contribution in [-0.2, 0) is 0 Å². The summed E-state index contributed by atoms with van der Waals surface area (Å²) in [5.41, 5.74) is 6.57. The second-order valence-corrected chi connectivity index (χ2v) is 5.99. The van der Waals surface area contributed by atoms with Gasteiger partial charge in [-0.1, -0.05) is 19.3 Å². The van der Waals surface area contributed by atoms with Crippen molar-refractivity contribution in [2.75, 3.05) is 20.4 Å². The summed E-state index contributed by atoms with van der Waals surface area (Å²) in [6.45, 7) is 0.679. The van der Waals surface area contributed by atoms with Crippen molar-refractivity contribution < 1.29 is 19.3 Å². The van der Waals surface area contributed by atoms with Gasteiger partial charge in [-0.25, -0.2) is 0 Å². The lowest BCUT2D eigenvalue weighted by Gasteiger charge is -2.40. The fourth-order valence-electron chi connectivity index (χ4n) is 3.51. The van der Waals surface area contributed by atoms with Gasteiger partial charge in [-0.05, 0) is 30.5 Å². The Morgan fingerprint density at radius 1 is 1.29 bits per heavy atom. The van der Waals surface area contributed by atoms with Crippen LogP contribution in [-0.4, -0.2) is 25.6 Å². The molecule has 0 saturated heterocycles. The summed E-state index contributed by atoms with van der Waals surface area (Å²) in [6, 6.07) is 3.69. The number of aliphatic hydroxyl groups excluding tert-OH is 1. The summed E-state index contributed by atoms with van der Waals surface area (Å²) < 4.78 is 16.2.